The summed E-state index contributed by atoms with van der Waals surface area (Å²) in [6, 6.07) is 18.6. The molecule has 3 aromatic rings. The molecule has 4 rings (SSSR count). The molecule has 1 saturated heterocycles. The zero-order chi connectivity index (χ0) is 18.8. The van der Waals surface area contributed by atoms with Crippen LogP contribution in [-0.4, -0.2) is 39.5 Å². The minimum Gasteiger partial charge on any atom is -0.340 e. The summed E-state index contributed by atoms with van der Waals surface area (Å²) >= 11 is 0. The van der Waals surface area contributed by atoms with E-state index in [0.29, 0.717) is 25.3 Å². The second-order valence-corrected chi connectivity index (χ2v) is 7.42. The van der Waals surface area contributed by atoms with Crippen LogP contribution in [-0.2, 0) is 11.2 Å². The van der Waals surface area contributed by atoms with Crippen molar-refractivity contribution in [3.8, 4) is 5.69 Å². The van der Waals surface area contributed by atoms with Crippen LogP contribution in [0.25, 0.3) is 16.7 Å². The average molecular weight is 362 g/mol. The molecule has 27 heavy (non-hydrogen) atoms. The number of aryl methyl sites for hydroxylation is 1. The van der Waals surface area contributed by atoms with Gasteiger partial charge in [0, 0.05) is 31.1 Å². The Hall–Kier alpha value is -2.66. The monoisotopic (exact) mass is 362 g/mol. The maximum Gasteiger partial charge on any atom is 0.223 e. The van der Waals surface area contributed by atoms with Crippen molar-refractivity contribution >= 4 is 16.9 Å². The molecular weight excluding hydrogens is 336 g/mol. The minimum absolute atomic E-state index is 0.199. The predicted molar refractivity (Wildman–Crippen MR) is 108 cm³/mol. The van der Waals surface area contributed by atoms with Crippen LogP contribution in [0, 0.1) is 5.92 Å². The first-order chi connectivity index (χ1) is 13.2. The number of nitrogens with zero attached hydrogens (tertiary/aromatic N) is 3. The summed E-state index contributed by atoms with van der Waals surface area (Å²) in [5, 5.41) is 0. The van der Waals surface area contributed by atoms with Gasteiger partial charge in [0.25, 0.3) is 0 Å². The van der Waals surface area contributed by atoms with E-state index in [0.717, 1.165) is 35.5 Å². The molecule has 1 aliphatic rings. The first kappa shape index (κ1) is 17.7. The summed E-state index contributed by atoms with van der Waals surface area (Å²) in [5.41, 5.74) is 8.91. The highest BCUT2D eigenvalue weighted by Gasteiger charge is 2.31. The van der Waals surface area contributed by atoms with Crippen molar-refractivity contribution in [2.24, 2.45) is 11.7 Å². The second-order valence-electron chi connectivity index (χ2n) is 7.42. The molecule has 0 saturated carbocycles. The number of imidazole rings is 1. The molecule has 0 aliphatic carbocycles. The summed E-state index contributed by atoms with van der Waals surface area (Å²) < 4.78 is 2.17. The number of benzene rings is 2. The van der Waals surface area contributed by atoms with Crippen LogP contribution in [0.4, 0.5) is 0 Å². The molecule has 5 nitrogen and oxygen atoms in total. The Kier molecular flexibility index (Phi) is 4.94. The Morgan fingerprint density at radius 1 is 1.15 bits per heavy atom. The van der Waals surface area contributed by atoms with Gasteiger partial charge in [-0.3, -0.25) is 9.36 Å². The highest BCUT2D eigenvalue weighted by molar-refractivity contribution is 5.79. The van der Waals surface area contributed by atoms with Gasteiger partial charge in [0.15, 0.2) is 0 Å². The van der Waals surface area contributed by atoms with E-state index >= 15 is 0 Å². The third-order valence-electron chi connectivity index (χ3n) is 5.52. The molecule has 1 aromatic heterocycles. The van der Waals surface area contributed by atoms with Crippen molar-refractivity contribution in [1.82, 2.24) is 14.5 Å². The number of aromatic nitrogens is 2. The lowest BCUT2D eigenvalue weighted by Crippen LogP contribution is -2.34. The smallest absolute Gasteiger partial charge is 0.223 e. The molecule has 0 radical (unpaired) electrons. The Labute approximate surface area is 159 Å². The van der Waals surface area contributed by atoms with Crippen molar-refractivity contribution < 1.29 is 4.79 Å². The van der Waals surface area contributed by atoms with Gasteiger partial charge in [-0.05, 0) is 50.1 Å². The molecular formula is C22H26N4O. The molecule has 1 amide bonds. The Bertz CT molecular complexity index is 934. The van der Waals surface area contributed by atoms with Gasteiger partial charge in [-0.2, -0.15) is 0 Å². The molecule has 5 heteroatoms. The van der Waals surface area contributed by atoms with Crippen molar-refractivity contribution in [3.05, 3.63) is 60.4 Å². The summed E-state index contributed by atoms with van der Waals surface area (Å²) in [6.45, 7) is 3.55. The van der Waals surface area contributed by atoms with Crippen molar-refractivity contribution in [2.75, 3.05) is 13.1 Å². The fraction of sp³-hybridized carbons (Fsp3) is 0.364. The van der Waals surface area contributed by atoms with Gasteiger partial charge in [-0.15, -0.1) is 0 Å². The number of nitrogens with two attached hydrogens (primary N) is 1. The van der Waals surface area contributed by atoms with E-state index in [2.05, 4.69) is 29.7 Å². The van der Waals surface area contributed by atoms with Gasteiger partial charge in [-0.25, -0.2) is 4.98 Å². The lowest BCUT2D eigenvalue weighted by Gasteiger charge is -2.21. The van der Waals surface area contributed by atoms with Gasteiger partial charge in [0.05, 0.1) is 11.0 Å². The van der Waals surface area contributed by atoms with Crippen molar-refractivity contribution in [2.45, 2.75) is 32.2 Å². The Balaban J connectivity index is 1.58. The van der Waals surface area contributed by atoms with Crippen LogP contribution in [0.1, 0.15) is 25.6 Å². The number of hydrogen-bond acceptors (Lipinski definition) is 3. The number of rotatable bonds is 5. The molecule has 2 heterocycles. The number of fused-ring (bicyclic) bond motifs is 1. The highest BCUT2D eigenvalue weighted by atomic mass is 16.2. The molecule has 2 N–H and O–H groups in total. The third-order valence-corrected chi connectivity index (χ3v) is 5.52. The lowest BCUT2D eigenvalue weighted by molar-refractivity contribution is -0.131. The molecule has 0 bridgehead atoms. The number of carbonyl (C=O) groups excluding carboxylic acids is 1. The SMILES string of the molecule is CC1CC(CN)CN1C(=O)CCc1nc2ccccc2n1-c1ccccc1. The van der Waals surface area contributed by atoms with Gasteiger partial charge in [0.1, 0.15) is 5.82 Å². The highest BCUT2D eigenvalue weighted by Crippen LogP contribution is 2.25. The number of hydrogen-bond donors (Lipinski definition) is 1. The number of amides is 1. The summed E-state index contributed by atoms with van der Waals surface area (Å²) in [4.78, 5) is 19.6. The van der Waals surface area contributed by atoms with Crippen LogP contribution in [0.3, 0.4) is 0 Å². The number of carbonyl (C=O) groups is 1. The van der Waals surface area contributed by atoms with Crippen LogP contribution in [0.15, 0.2) is 54.6 Å². The molecule has 2 atom stereocenters. The van der Waals surface area contributed by atoms with Crippen LogP contribution in [0.2, 0.25) is 0 Å². The van der Waals surface area contributed by atoms with E-state index in [-0.39, 0.29) is 11.9 Å². The standard InChI is InChI=1S/C22H26N4O/c1-16-13-17(14-23)15-25(16)22(27)12-11-21-24-19-9-5-6-10-20(19)26(21)18-7-3-2-4-8-18/h2-10,16-17H,11-15,23H2,1H3. The molecule has 2 unspecified atom stereocenters. The Morgan fingerprint density at radius 2 is 1.89 bits per heavy atom. The molecule has 0 spiro atoms. The van der Waals surface area contributed by atoms with Crippen LogP contribution in [0.5, 0.6) is 0 Å². The average Bonchev–Trinajstić information content (AvgIpc) is 3.26. The maximum atomic E-state index is 12.8. The Morgan fingerprint density at radius 3 is 2.63 bits per heavy atom. The van der Waals surface area contributed by atoms with Gasteiger partial charge in [-0.1, -0.05) is 30.3 Å². The van der Waals surface area contributed by atoms with E-state index in [1.54, 1.807) is 0 Å². The summed E-state index contributed by atoms with van der Waals surface area (Å²) in [5.74, 6) is 1.56. The van der Waals surface area contributed by atoms with Gasteiger partial charge in [0.2, 0.25) is 5.91 Å². The van der Waals surface area contributed by atoms with Gasteiger partial charge >= 0.3 is 0 Å². The van der Waals surface area contributed by atoms with Crippen molar-refractivity contribution in [1.29, 1.82) is 0 Å². The fourth-order valence-electron chi connectivity index (χ4n) is 4.13. The van der Waals surface area contributed by atoms with E-state index in [4.69, 9.17) is 10.7 Å². The zero-order valence-corrected chi connectivity index (χ0v) is 15.7. The van der Waals surface area contributed by atoms with Crippen LogP contribution < -0.4 is 5.73 Å². The fourth-order valence-corrected chi connectivity index (χ4v) is 4.13. The normalized spacial score (nSPS) is 19.7. The first-order valence-corrected chi connectivity index (χ1v) is 9.68. The van der Waals surface area contributed by atoms with E-state index in [1.807, 2.05) is 41.3 Å². The summed E-state index contributed by atoms with van der Waals surface area (Å²) in [6.07, 6.45) is 2.10. The predicted octanol–water partition coefficient (Wildman–Crippen LogP) is 3.15. The minimum atomic E-state index is 0.199. The largest absolute Gasteiger partial charge is 0.340 e. The second kappa shape index (κ2) is 7.53. The van der Waals surface area contributed by atoms with E-state index in [1.165, 1.54) is 0 Å². The van der Waals surface area contributed by atoms with Crippen LogP contribution >= 0.6 is 0 Å². The molecule has 140 valence electrons. The van der Waals surface area contributed by atoms with E-state index < -0.39 is 0 Å². The quantitative estimate of drug-likeness (QED) is 0.758. The first-order valence-electron chi connectivity index (χ1n) is 9.68. The maximum absolute atomic E-state index is 12.8. The molecule has 1 aliphatic heterocycles. The lowest BCUT2D eigenvalue weighted by atomic mass is 10.1. The summed E-state index contributed by atoms with van der Waals surface area (Å²) in [7, 11) is 0. The number of likely N-dealkylation sites (tertiary alicyclic amines) is 1. The topological polar surface area (TPSA) is 64.2 Å². The molecule has 2 aromatic carbocycles. The third kappa shape index (κ3) is 3.47. The van der Waals surface area contributed by atoms with Crippen molar-refractivity contribution in [3.63, 3.8) is 0 Å². The number of para-hydroxylation sites is 3. The van der Waals surface area contributed by atoms with Gasteiger partial charge < -0.3 is 10.6 Å². The zero-order valence-electron chi connectivity index (χ0n) is 15.7. The molecule has 1 fully saturated rings. The van der Waals surface area contributed by atoms with E-state index in [9.17, 15) is 4.79 Å².